The lowest BCUT2D eigenvalue weighted by Gasteiger charge is -1.99. The molecule has 0 fully saturated rings. The Balaban J connectivity index is 2.58. The minimum Gasteiger partial charge on any atom is -0.369 e. The normalized spacial score (nSPS) is 10.0. The molecule has 2 heterocycles. The van der Waals surface area contributed by atoms with Gasteiger partial charge in [0.25, 0.3) is 0 Å². The number of hydrogen-bond donors (Lipinski definition) is 2. The van der Waals surface area contributed by atoms with E-state index in [1.807, 2.05) is 0 Å². The second-order valence-corrected chi connectivity index (χ2v) is 2.86. The predicted molar refractivity (Wildman–Crippen MR) is 52.7 cm³/mol. The molecule has 0 aliphatic rings. The Bertz CT molecular complexity index is 493. The number of hydrogen-bond acceptors (Lipinski definition) is 6. The zero-order valence-corrected chi connectivity index (χ0v) is 7.82. The van der Waals surface area contributed by atoms with Crippen LogP contribution < -0.4 is 5.73 Å². The summed E-state index contributed by atoms with van der Waals surface area (Å²) in [7, 11) is 0. The Morgan fingerprint density at radius 2 is 1.93 bits per heavy atom. The first-order valence-corrected chi connectivity index (χ1v) is 4.16. The van der Waals surface area contributed by atoms with E-state index in [9.17, 15) is 0 Å². The summed E-state index contributed by atoms with van der Waals surface area (Å²) in [6.07, 6.45) is 4.66. The molecule has 0 aromatic carbocycles. The molecular weight excluding hydrogens is 200 g/mol. The third-order valence-electron chi connectivity index (χ3n) is 1.50. The highest BCUT2D eigenvalue weighted by Gasteiger charge is 2.01. The number of rotatable bonds is 1. The molecule has 0 spiro atoms. The van der Waals surface area contributed by atoms with E-state index in [1.54, 1.807) is 12.4 Å². The SMILES string of the molecule is Nc1nc(=S)nc(-c2cncnc2)[nH]1. The summed E-state index contributed by atoms with van der Waals surface area (Å²) in [5, 5.41) is 0. The molecule has 0 unspecified atom stereocenters. The van der Waals surface area contributed by atoms with Gasteiger partial charge in [0.05, 0.1) is 5.56 Å². The summed E-state index contributed by atoms with van der Waals surface area (Å²) in [5.41, 5.74) is 6.20. The standard InChI is InChI=1S/C7H6N6S/c8-6-11-5(12-7(14)13-6)4-1-9-3-10-2-4/h1-3H,(H3,8,11,12,13,14). The van der Waals surface area contributed by atoms with Crippen molar-refractivity contribution < 1.29 is 0 Å². The Hall–Kier alpha value is -1.89. The van der Waals surface area contributed by atoms with Gasteiger partial charge in [-0.2, -0.15) is 4.98 Å². The molecule has 2 aromatic heterocycles. The van der Waals surface area contributed by atoms with Crippen LogP contribution in [0.5, 0.6) is 0 Å². The highest BCUT2D eigenvalue weighted by Crippen LogP contribution is 2.10. The number of aromatic amines is 1. The minimum atomic E-state index is 0.195. The Morgan fingerprint density at radius 3 is 2.57 bits per heavy atom. The monoisotopic (exact) mass is 206 g/mol. The van der Waals surface area contributed by atoms with Crippen molar-refractivity contribution in [2.75, 3.05) is 5.73 Å². The van der Waals surface area contributed by atoms with Gasteiger partial charge in [-0.1, -0.05) is 0 Å². The van der Waals surface area contributed by atoms with Crippen LogP contribution in [-0.4, -0.2) is 24.9 Å². The highest BCUT2D eigenvalue weighted by molar-refractivity contribution is 7.71. The Morgan fingerprint density at radius 1 is 1.21 bits per heavy atom. The fraction of sp³-hybridized carbons (Fsp3) is 0. The zero-order chi connectivity index (χ0) is 9.97. The van der Waals surface area contributed by atoms with Gasteiger partial charge in [0, 0.05) is 12.4 Å². The number of anilines is 1. The van der Waals surface area contributed by atoms with Crippen molar-refractivity contribution in [3.8, 4) is 11.4 Å². The Kier molecular flexibility index (Phi) is 2.15. The molecule has 0 radical (unpaired) electrons. The predicted octanol–water partition coefficient (Wildman–Crippen LogP) is 0.573. The van der Waals surface area contributed by atoms with Crippen LogP contribution >= 0.6 is 12.2 Å². The number of aromatic nitrogens is 5. The van der Waals surface area contributed by atoms with Crippen molar-refractivity contribution in [1.82, 2.24) is 24.9 Å². The van der Waals surface area contributed by atoms with Gasteiger partial charge < -0.3 is 10.7 Å². The van der Waals surface area contributed by atoms with Crippen LogP contribution in [-0.2, 0) is 0 Å². The fourth-order valence-electron chi connectivity index (χ4n) is 0.959. The summed E-state index contributed by atoms with van der Waals surface area (Å²) in [6, 6.07) is 0. The molecule has 0 bridgehead atoms. The van der Waals surface area contributed by atoms with Crippen molar-refractivity contribution in [1.29, 1.82) is 0 Å². The number of H-pyrrole nitrogens is 1. The molecular formula is C7H6N6S. The molecule has 0 atom stereocenters. The van der Waals surface area contributed by atoms with E-state index in [1.165, 1.54) is 6.33 Å². The summed E-state index contributed by atoms with van der Waals surface area (Å²) in [6.45, 7) is 0. The van der Waals surface area contributed by atoms with Crippen LogP contribution in [0.3, 0.4) is 0 Å². The van der Waals surface area contributed by atoms with Crippen LogP contribution in [0.25, 0.3) is 11.4 Å². The molecule has 70 valence electrons. The molecule has 0 aliphatic carbocycles. The van der Waals surface area contributed by atoms with Crippen LogP contribution in [0, 0.1) is 4.77 Å². The maximum absolute atomic E-state index is 5.48. The van der Waals surface area contributed by atoms with Gasteiger partial charge in [-0.05, 0) is 12.2 Å². The van der Waals surface area contributed by atoms with Gasteiger partial charge >= 0.3 is 0 Å². The largest absolute Gasteiger partial charge is 0.369 e. The molecule has 0 saturated carbocycles. The molecule has 6 nitrogen and oxygen atoms in total. The molecule has 3 N–H and O–H groups in total. The lowest BCUT2D eigenvalue weighted by molar-refractivity contribution is 1.04. The van der Waals surface area contributed by atoms with Crippen molar-refractivity contribution in [3.63, 3.8) is 0 Å². The summed E-state index contributed by atoms with van der Waals surface area (Å²) in [4.78, 5) is 18.2. The number of nitrogens with two attached hydrogens (primary N) is 1. The topological polar surface area (TPSA) is 93.4 Å². The third kappa shape index (κ3) is 1.72. The highest BCUT2D eigenvalue weighted by atomic mass is 32.1. The van der Waals surface area contributed by atoms with Crippen molar-refractivity contribution in [2.45, 2.75) is 0 Å². The first-order chi connectivity index (χ1) is 6.75. The maximum atomic E-state index is 5.48. The number of nitrogen functional groups attached to an aromatic ring is 1. The molecule has 0 saturated heterocycles. The minimum absolute atomic E-state index is 0.195. The van der Waals surface area contributed by atoms with Gasteiger partial charge in [0.2, 0.25) is 10.7 Å². The van der Waals surface area contributed by atoms with E-state index in [0.29, 0.717) is 11.4 Å². The molecule has 14 heavy (non-hydrogen) atoms. The van der Waals surface area contributed by atoms with Crippen LogP contribution in [0.1, 0.15) is 0 Å². The lowest BCUT2D eigenvalue weighted by atomic mass is 10.3. The van der Waals surface area contributed by atoms with E-state index < -0.39 is 0 Å². The maximum Gasteiger partial charge on any atom is 0.224 e. The summed E-state index contributed by atoms with van der Waals surface area (Å²) < 4.78 is 0.195. The smallest absolute Gasteiger partial charge is 0.224 e. The molecule has 0 amide bonds. The summed E-state index contributed by atoms with van der Waals surface area (Å²) >= 11 is 4.82. The zero-order valence-electron chi connectivity index (χ0n) is 7.01. The van der Waals surface area contributed by atoms with Crippen LogP contribution in [0.4, 0.5) is 5.95 Å². The quantitative estimate of drug-likeness (QED) is 0.663. The average Bonchev–Trinajstić information content (AvgIpc) is 2.18. The van der Waals surface area contributed by atoms with Gasteiger partial charge in [0.15, 0.2) is 0 Å². The second kappa shape index (κ2) is 3.46. The molecule has 2 aromatic rings. The van der Waals surface area contributed by atoms with E-state index >= 15 is 0 Å². The Labute approximate surface area is 84.3 Å². The molecule has 0 aliphatic heterocycles. The van der Waals surface area contributed by atoms with Crippen molar-refractivity contribution in [3.05, 3.63) is 23.5 Å². The van der Waals surface area contributed by atoms with E-state index in [2.05, 4.69) is 24.9 Å². The molecule has 2 rings (SSSR count). The second-order valence-electron chi connectivity index (χ2n) is 2.49. The number of nitrogens with one attached hydrogen (secondary N) is 1. The lowest BCUT2D eigenvalue weighted by Crippen LogP contribution is -2.00. The van der Waals surface area contributed by atoms with Crippen molar-refractivity contribution >= 4 is 18.2 Å². The fourth-order valence-corrected chi connectivity index (χ4v) is 1.15. The van der Waals surface area contributed by atoms with Gasteiger partial charge in [-0.25, -0.2) is 15.0 Å². The van der Waals surface area contributed by atoms with Crippen molar-refractivity contribution in [2.24, 2.45) is 0 Å². The molecule has 7 heteroatoms. The third-order valence-corrected chi connectivity index (χ3v) is 1.69. The van der Waals surface area contributed by atoms with E-state index in [0.717, 1.165) is 0 Å². The van der Waals surface area contributed by atoms with Crippen LogP contribution in [0.2, 0.25) is 0 Å². The van der Waals surface area contributed by atoms with Crippen LogP contribution in [0.15, 0.2) is 18.7 Å². The van der Waals surface area contributed by atoms with Gasteiger partial charge in [-0.15, -0.1) is 0 Å². The van der Waals surface area contributed by atoms with E-state index in [-0.39, 0.29) is 10.7 Å². The van der Waals surface area contributed by atoms with Gasteiger partial charge in [0.1, 0.15) is 12.2 Å². The van der Waals surface area contributed by atoms with E-state index in [4.69, 9.17) is 18.0 Å². The number of nitrogens with zero attached hydrogens (tertiary/aromatic N) is 4. The first kappa shape index (κ1) is 8.70. The first-order valence-electron chi connectivity index (χ1n) is 3.75. The summed E-state index contributed by atoms with van der Waals surface area (Å²) in [5.74, 6) is 0.743. The van der Waals surface area contributed by atoms with Gasteiger partial charge in [-0.3, -0.25) is 0 Å². The average molecular weight is 206 g/mol.